The summed E-state index contributed by atoms with van der Waals surface area (Å²) in [6.45, 7) is 8.10. The van der Waals surface area contributed by atoms with Crippen molar-refractivity contribution in [3.05, 3.63) is 17.2 Å². The van der Waals surface area contributed by atoms with Crippen molar-refractivity contribution in [2.24, 2.45) is 7.05 Å². The van der Waals surface area contributed by atoms with Crippen LogP contribution < -0.4 is 5.32 Å². The molecule has 0 unspecified atom stereocenters. The molecule has 0 saturated heterocycles. The number of hydrogen-bond donors (Lipinski definition) is 1. The molecule has 3 nitrogen and oxygen atoms in total. The summed E-state index contributed by atoms with van der Waals surface area (Å²) in [4.78, 5) is 4.45. The first-order chi connectivity index (χ1) is 5.66. The van der Waals surface area contributed by atoms with Gasteiger partial charge in [-0.1, -0.05) is 6.92 Å². The molecule has 0 aliphatic carbocycles. The lowest BCUT2D eigenvalue weighted by atomic mass is 10.4. The van der Waals surface area contributed by atoms with Crippen LogP contribution in [0.25, 0.3) is 0 Å². The maximum absolute atomic E-state index is 4.45. The molecule has 0 aliphatic heterocycles. The molecule has 0 saturated carbocycles. The van der Waals surface area contributed by atoms with E-state index in [1.165, 1.54) is 5.69 Å². The van der Waals surface area contributed by atoms with Gasteiger partial charge in [0.15, 0.2) is 0 Å². The highest BCUT2D eigenvalue weighted by Gasteiger charge is 2.05. The Balaban J connectivity index is 0. The van der Waals surface area contributed by atoms with Gasteiger partial charge in [0.05, 0.1) is 12.2 Å². The van der Waals surface area contributed by atoms with Gasteiger partial charge in [0.1, 0.15) is 5.82 Å². The summed E-state index contributed by atoms with van der Waals surface area (Å²) in [6.07, 6.45) is 0. The first-order valence-corrected chi connectivity index (χ1v) is 4.36. The fraction of sp³-hybridized carbons (Fsp3) is 0.667. The molecular weight excluding hydrogens is 221 g/mol. The second kappa shape index (κ2) is 7.10. The van der Waals surface area contributed by atoms with E-state index >= 15 is 0 Å². The van der Waals surface area contributed by atoms with Gasteiger partial charge >= 0.3 is 0 Å². The van der Waals surface area contributed by atoms with Crippen molar-refractivity contribution in [3.8, 4) is 0 Å². The van der Waals surface area contributed by atoms with Gasteiger partial charge in [-0.05, 0) is 20.4 Å². The molecule has 0 aliphatic rings. The minimum atomic E-state index is 0. The van der Waals surface area contributed by atoms with Crippen LogP contribution in [0.4, 0.5) is 0 Å². The number of rotatable bonds is 3. The Kier molecular flexibility index (Phi) is 8.21. The molecule has 0 amide bonds. The Morgan fingerprint density at radius 1 is 1.29 bits per heavy atom. The zero-order chi connectivity index (χ0) is 9.14. The first-order valence-electron chi connectivity index (χ1n) is 4.36. The summed E-state index contributed by atoms with van der Waals surface area (Å²) in [5.41, 5.74) is 2.38. The molecule has 0 spiro atoms. The molecule has 0 aromatic carbocycles. The highest BCUT2D eigenvalue weighted by Crippen LogP contribution is 2.06. The molecule has 1 N–H and O–H groups in total. The van der Waals surface area contributed by atoms with E-state index in [1.807, 2.05) is 6.92 Å². The van der Waals surface area contributed by atoms with Gasteiger partial charge in [0.2, 0.25) is 0 Å². The fourth-order valence-electron chi connectivity index (χ4n) is 1.18. The predicted molar refractivity (Wildman–Crippen MR) is 64.6 cm³/mol. The topological polar surface area (TPSA) is 29.9 Å². The minimum absolute atomic E-state index is 0. The van der Waals surface area contributed by atoms with Gasteiger partial charge in [-0.2, -0.15) is 0 Å². The van der Waals surface area contributed by atoms with Gasteiger partial charge in [-0.15, -0.1) is 24.8 Å². The second-order valence-corrected chi connectivity index (χ2v) is 3.04. The SMILES string of the molecule is CCNCc1nc(C)c(C)n1C.Cl.Cl. The Morgan fingerprint density at radius 2 is 1.86 bits per heavy atom. The third-order valence-electron chi connectivity index (χ3n) is 2.24. The summed E-state index contributed by atoms with van der Waals surface area (Å²) >= 11 is 0. The Bertz CT molecular complexity index is 271. The summed E-state index contributed by atoms with van der Waals surface area (Å²) in [5, 5.41) is 3.26. The van der Waals surface area contributed by atoms with E-state index in [1.54, 1.807) is 0 Å². The van der Waals surface area contributed by atoms with Gasteiger partial charge < -0.3 is 9.88 Å². The van der Waals surface area contributed by atoms with Gasteiger partial charge in [0.25, 0.3) is 0 Å². The van der Waals surface area contributed by atoms with Gasteiger partial charge in [-0.25, -0.2) is 4.98 Å². The molecule has 5 heteroatoms. The molecule has 14 heavy (non-hydrogen) atoms. The largest absolute Gasteiger partial charge is 0.334 e. The highest BCUT2D eigenvalue weighted by atomic mass is 35.5. The Labute approximate surface area is 98.1 Å². The van der Waals surface area contributed by atoms with Crippen molar-refractivity contribution in [3.63, 3.8) is 0 Å². The number of imidazole rings is 1. The molecular formula is C9H19Cl2N3. The normalized spacial score (nSPS) is 9.14. The number of aryl methyl sites for hydroxylation is 1. The van der Waals surface area contributed by atoms with Crippen LogP contribution in [0.1, 0.15) is 24.1 Å². The van der Waals surface area contributed by atoms with Crippen molar-refractivity contribution in [1.29, 1.82) is 0 Å². The second-order valence-electron chi connectivity index (χ2n) is 3.04. The van der Waals surface area contributed by atoms with Crippen molar-refractivity contribution in [2.45, 2.75) is 27.3 Å². The molecule has 1 heterocycles. The zero-order valence-corrected chi connectivity index (χ0v) is 10.8. The maximum Gasteiger partial charge on any atom is 0.122 e. The monoisotopic (exact) mass is 239 g/mol. The molecule has 0 bridgehead atoms. The Hall–Kier alpha value is -0.250. The molecule has 0 atom stereocenters. The molecule has 0 radical (unpaired) electrons. The fourth-order valence-corrected chi connectivity index (χ4v) is 1.18. The smallest absolute Gasteiger partial charge is 0.122 e. The summed E-state index contributed by atoms with van der Waals surface area (Å²) in [5.74, 6) is 1.12. The summed E-state index contributed by atoms with van der Waals surface area (Å²) < 4.78 is 2.14. The van der Waals surface area contributed by atoms with Crippen LogP contribution in [0.3, 0.4) is 0 Å². The lowest BCUT2D eigenvalue weighted by molar-refractivity contribution is 0.656. The lowest BCUT2D eigenvalue weighted by Crippen LogP contribution is -2.15. The highest BCUT2D eigenvalue weighted by molar-refractivity contribution is 5.85. The Morgan fingerprint density at radius 3 is 2.21 bits per heavy atom. The van der Waals surface area contributed by atoms with Crippen molar-refractivity contribution in [1.82, 2.24) is 14.9 Å². The minimum Gasteiger partial charge on any atom is -0.334 e. The van der Waals surface area contributed by atoms with Crippen LogP contribution in [-0.2, 0) is 13.6 Å². The number of aromatic nitrogens is 2. The van der Waals surface area contributed by atoms with E-state index in [0.717, 1.165) is 24.6 Å². The average molecular weight is 240 g/mol. The number of nitrogens with zero attached hydrogens (tertiary/aromatic N) is 2. The first kappa shape index (κ1) is 16.2. The average Bonchev–Trinajstić information content (AvgIpc) is 2.30. The van der Waals surface area contributed by atoms with E-state index in [0.29, 0.717) is 0 Å². The predicted octanol–water partition coefficient (Wildman–Crippen LogP) is 1.99. The van der Waals surface area contributed by atoms with Gasteiger partial charge in [0, 0.05) is 12.7 Å². The van der Waals surface area contributed by atoms with Crippen LogP contribution in [0.2, 0.25) is 0 Å². The van der Waals surface area contributed by atoms with Crippen molar-refractivity contribution >= 4 is 24.8 Å². The number of halogens is 2. The van der Waals surface area contributed by atoms with E-state index in [2.05, 4.69) is 35.8 Å². The molecule has 0 fully saturated rings. The van der Waals surface area contributed by atoms with Crippen molar-refractivity contribution in [2.75, 3.05) is 6.54 Å². The van der Waals surface area contributed by atoms with E-state index in [9.17, 15) is 0 Å². The van der Waals surface area contributed by atoms with Gasteiger partial charge in [-0.3, -0.25) is 0 Å². The number of hydrogen-bond acceptors (Lipinski definition) is 2. The van der Waals surface area contributed by atoms with Crippen LogP contribution in [0, 0.1) is 13.8 Å². The lowest BCUT2D eigenvalue weighted by Gasteiger charge is -2.02. The summed E-state index contributed by atoms with van der Waals surface area (Å²) in [7, 11) is 2.06. The standard InChI is InChI=1S/C9H17N3.2ClH/c1-5-10-6-9-11-7(2)8(3)12(9)4;;/h10H,5-6H2,1-4H3;2*1H. The molecule has 1 aromatic heterocycles. The molecule has 1 aromatic rings. The van der Waals surface area contributed by atoms with Crippen LogP contribution in [-0.4, -0.2) is 16.1 Å². The number of nitrogens with one attached hydrogen (secondary N) is 1. The zero-order valence-electron chi connectivity index (χ0n) is 9.13. The summed E-state index contributed by atoms with van der Waals surface area (Å²) in [6, 6.07) is 0. The quantitative estimate of drug-likeness (QED) is 0.875. The van der Waals surface area contributed by atoms with E-state index < -0.39 is 0 Å². The third-order valence-corrected chi connectivity index (χ3v) is 2.24. The van der Waals surface area contributed by atoms with Crippen LogP contribution >= 0.6 is 24.8 Å². The van der Waals surface area contributed by atoms with Crippen LogP contribution in [0.15, 0.2) is 0 Å². The third kappa shape index (κ3) is 3.48. The van der Waals surface area contributed by atoms with E-state index in [-0.39, 0.29) is 24.8 Å². The van der Waals surface area contributed by atoms with E-state index in [4.69, 9.17) is 0 Å². The molecule has 84 valence electrons. The van der Waals surface area contributed by atoms with Crippen LogP contribution in [0.5, 0.6) is 0 Å². The van der Waals surface area contributed by atoms with Crippen molar-refractivity contribution < 1.29 is 0 Å². The maximum atomic E-state index is 4.45. The molecule has 1 rings (SSSR count).